The van der Waals surface area contributed by atoms with E-state index in [9.17, 15) is 0 Å². The maximum absolute atomic E-state index is 5.36. The molecule has 0 bridgehead atoms. The second kappa shape index (κ2) is 7.95. The quantitative estimate of drug-likeness (QED) is 0.706. The van der Waals surface area contributed by atoms with Crippen LogP contribution in [0.3, 0.4) is 0 Å². The lowest BCUT2D eigenvalue weighted by atomic mass is 9.99. The molecular weight excluding hydrogens is 288 g/mol. The van der Waals surface area contributed by atoms with Gasteiger partial charge in [0.1, 0.15) is 0 Å². The summed E-state index contributed by atoms with van der Waals surface area (Å²) in [7, 11) is 0. The van der Waals surface area contributed by atoms with Gasteiger partial charge in [-0.2, -0.15) is 0 Å². The molecule has 22 heavy (non-hydrogen) atoms. The molecule has 2 aromatic rings. The van der Waals surface area contributed by atoms with E-state index in [1.807, 2.05) is 0 Å². The zero-order valence-corrected chi connectivity index (χ0v) is 14.3. The summed E-state index contributed by atoms with van der Waals surface area (Å²) in [5, 5.41) is 7.05. The Morgan fingerprint density at radius 2 is 1.41 bits per heavy atom. The van der Waals surface area contributed by atoms with E-state index in [4.69, 9.17) is 12.2 Å². The number of hydrogen-bond donors (Lipinski definition) is 2. The largest absolute Gasteiger partial charge is 0.332 e. The topological polar surface area (TPSA) is 24.1 Å². The molecule has 0 amide bonds. The molecule has 116 valence electrons. The van der Waals surface area contributed by atoms with Crippen LogP contribution in [0.25, 0.3) is 0 Å². The van der Waals surface area contributed by atoms with Crippen molar-refractivity contribution >= 4 is 28.7 Å². The number of benzene rings is 2. The van der Waals surface area contributed by atoms with Gasteiger partial charge in [-0.25, -0.2) is 0 Å². The van der Waals surface area contributed by atoms with E-state index in [-0.39, 0.29) is 0 Å². The Bertz CT molecular complexity index is 602. The molecule has 1 unspecified atom stereocenters. The van der Waals surface area contributed by atoms with E-state index in [2.05, 4.69) is 79.9 Å². The maximum atomic E-state index is 5.36. The minimum Gasteiger partial charge on any atom is -0.332 e. The molecule has 2 rings (SSSR count). The Morgan fingerprint density at radius 3 is 1.86 bits per heavy atom. The number of nitrogens with one attached hydrogen (secondary N) is 2. The third-order valence-corrected chi connectivity index (χ3v) is 4.17. The fourth-order valence-electron chi connectivity index (χ4n) is 2.25. The first-order valence-electron chi connectivity index (χ1n) is 7.89. The van der Waals surface area contributed by atoms with Crippen LogP contribution in [0.1, 0.15) is 44.2 Å². The van der Waals surface area contributed by atoms with Gasteiger partial charge in [-0.05, 0) is 66.4 Å². The Kier molecular flexibility index (Phi) is 5.96. The fraction of sp³-hybridized carbons (Fsp3) is 0.316. The highest BCUT2D eigenvalue weighted by atomic mass is 32.1. The van der Waals surface area contributed by atoms with Gasteiger partial charge in [0.25, 0.3) is 0 Å². The predicted molar refractivity (Wildman–Crippen MR) is 101 cm³/mol. The molecule has 0 aliphatic heterocycles. The van der Waals surface area contributed by atoms with Crippen LogP contribution in [-0.2, 0) is 6.42 Å². The maximum Gasteiger partial charge on any atom is 0.175 e. The van der Waals surface area contributed by atoms with Crippen LogP contribution < -0.4 is 10.6 Å². The molecule has 0 saturated carbocycles. The van der Waals surface area contributed by atoms with Gasteiger partial charge in [0, 0.05) is 11.4 Å². The van der Waals surface area contributed by atoms with Crippen molar-refractivity contribution in [3.8, 4) is 0 Å². The molecule has 3 heteroatoms. The van der Waals surface area contributed by atoms with Gasteiger partial charge in [-0.3, -0.25) is 0 Å². The average molecular weight is 312 g/mol. The van der Waals surface area contributed by atoms with Crippen molar-refractivity contribution in [1.82, 2.24) is 0 Å². The molecule has 2 aromatic carbocycles. The van der Waals surface area contributed by atoms with Crippen LogP contribution in [0.4, 0.5) is 11.4 Å². The first kappa shape index (κ1) is 16.5. The molecule has 1 atom stereocenters. The third kappa shape index (κ3) is 4.57. The van der Waals surface area contributed by atoms with Gasteiger partial charge in [-0.15, -0.1) is 0 Å². The molecule has 0 spiro atoms. The third-order valence-electron chi connectivity index (χ3n) is 3.97. The van der Waals surface area contributed by atoms with Crippen molar-refractivity contribution in [2.24, 2.45) is 0 Å². The van der Waals surface area contributed by atoms with E-state index in [0.29, 0.717) is 11.0 Å². The summed E-state index contributed by atoms with van der Waals surface area (Å²) in [4.78, 5) is 0. The summed E-state index contributed by atoms with van der Waals surface area (Å²) < 4.78 is 0. The van der Waals surface area contributed by atoms with Crippen molar-refractivity contribution < 1.29 is 0 Å². The summed E-state index contributed by atoms with van der Waals surface area (Å²) in [6.07, 6.45) is 2.20. The zero-order valence-electron chi connectivity index (χ0n) is 13.5. The van der Waals surface area contributed by atoms with Gasteiger partial charge < -0.3 is 10.6 Å². The second-order valence-corrected chi connectivity index (χ2v) is 5.97. The number of anilines is 2. The van der Waals surface area contributed by atoms with Gasteiger partial charge in [0.05, 0.1) is 0 Å². The Hall–Kier alpha value is -1.87. The first-order chi connectivity index (χ1) is 10.6. The Morgan fingerprint density at radius 1 is 0.909 bits per heavy atom. The predicted octanol–water partition coefficient (Wildman–Crippen LogP) is 5.57. The van der Waals surface area contributed by atoms with Crippen LogP contribution >= 0.6 is 12.2 Å². The van der Waals surface area contributed by atoms with E-state index in [1.165, 1.54) is 11.1 Å². The van der Waals surface area contributed by atoms with Crippen molar-refractivity contribution in [2.45, 2.75) is 39.5 Å². The van der Waals surface area contributed by atoms with Crippen LogP contribution in [0.15, 0.2) is 48.5 Å². The molecule has 2 nitrogen and oxygen atoms in total. The highest BCUT2D eigenvalue weighted by Crippen LogP contribution is 2.20. The lowest BCUT2D eigenvalue weighted by molar-refractivity contribution is 0.734. The van der Waals surface area contributed by atoms with Crippen molar-refractivity contribution in [2.75, 3.05) is 10.6 Å². The zero-order chi connectivity index (χ0) is 15.9. The van der Waals surface area contributed by atoms with Gasteiger partial charge in [0.15, 0.2) is 5.11 Å². The molecule has 2 N–H and O–H groups in total. The van der Waals surface area contributed by atoms with Crippen LogP contribution in [0.2, 0.25) is 0 Å². The fourth-order valence-corrected chi connectivity index (χ4v) is 2.48. The summed E-state index contributed by atoms with van der Waals surface area (Å²) in [6, 6.07) is 16.8. The Balaban J connectivity index is 1.93. The summed E-state index contributed by atoms with van der Waals surface area (Å²) in [5.41, 5.74) is 4.70. The summed E-state index contributed by atoms with van der Waals surface area (Å²) in [5.74, 6) is 0.594. The highest BCUT2D eigenvalue weighted by molar-refractivity contribution is 7.80. The minimum absolute atomic E-state index is 0.594. The summed E-state index contributed by atoms with van der Waals surface area (Å²) >= 11 is 5.36. The van der Waals surface area contributed by atoms with Crippen molar-refractivity contribution in [1.29, 1.82) is 0 Å². The lowest BCUT2D eigenvalue weighted by Crippen LogP contribution is -2.19. The molecule has 0 saturated heterocycles. The lowest BCUT2D eigenvalue weighted by Gasteiger charge is -2.13. The molecule has 0 aliphatic rings. The molecule has 0 aromatic heterocycles. The smallest absolute Gasteiger partial charge is 0.175 e. The van der Waals surface area contributed by atoms with Gasteiger partial charge >= 0.3 is 0 Å². The first-order valence-corrected chi connectivity index (χ1v) is 8.30. The molecule has 0 fully saturated rings. The normalized spacial score (nSPS) is 11.8. The van der Waals surface area contributed by atoms with Crippen LogP contribution in [-0.4, -0.2) is 5.11 Å². The second-order valence-electron chi connectivity index (χ2n) is 5.56. The standard InChI is InChI=1S/C19H24N2S/c1-4-14(3)16-8-12-18(13-9-16)21-19(22)20-17-10-6-15(5-2)7-11-17/h6-14H,4-5H2,1-3H3,(H2,20,21,22). The number of aryl methyl sites for hydroxylation is 1. The molecule has 0 heterocycles. The SMILES string of the molecule is CCc1ccc(NC(=S)Nc2ccc(C(C)CC)cc2)cc1. The summed E-state index contributed by atoms with van der Waals surface area (Å²) in [6.45, 7) is 6.60. The Labute approximate surface area is 139 Å². The van der Waals surface area contributed by atoms with Crippen LogP contribution in [0, 0.1) is 0 Å². The number of hydrogen-bond acceptors (Lipinski definition) is 1. The van der Waals surface area contributed by atoms with Crippen molar-refractivity contribution in [3.05, 3.63) is 59.7 Å². The van der Waals surface area contributed by atoms with Crippen LogP contribution in [0.5, 0.6) is 0 Å². The van der Waals surface area contributed by atoms with Gasteiger partial charge in [-0.1, -0.05) is 45.0 Å². The molecular formula is C19H24N2S. The molecule has 0 radical (unpaired) electrons. The monoisotopic (exact) mass is 312 g/mol. The average Bonchev–Trinajstić information content (AvgIpc) is 2.55. The van der Waals surface area contributed by atoms with Gasteiger partial charge in [0.2, 0.25) is 0 Å². The molecule has 0 aliphatic carbocycles. The highest BCUT2D eigenvalue weighted by Gasteiger charge is 2.03. The van der Waals surface area contributed by atoms with Crippen molar-refractivity contribution in [3.63, 3.8) is 0 Å². The van der Waals surface area contributed by atoms with E-state index < -0.39 is 0 Å². The van der Waals surface area contributed by atoms with E-state index in [1.54, 1.807) is 0 Å². The van der Waals surface area contributed by atoms with E-state index in [0.717, 1.165) is 24.2 Å². The number of rotatable bonds is 5. The minimum atomic E-state index is 0.594. The van der Waals surface area contributed by atoms with E-state index >= 15 is 0 Å². The number of thiocarbonyl (C=S) groups is 1.